The van der Waals surface area contributed by atoms with Gasteiger partial charge in [0.25, 0.3) is 0 Å². The molecular weight excluding hydrogens is 862 g/mol. The number of aryl methyl sites for hydroxylation is 3. The van der Waals surface area contributed by atoms with Gasteiger partial charge in [-0.25, -0.2) is 4.39 Å². The first kappa shape index (κ1) is 46.2. The third-order valence-corrected chi connectivity index (χ3v) is 10.7. The van der Waals surface area contributed by atoms with E-state index in [2.05, 4.69) is 0 Å². The maximum absolute atomic E-state index is 13.4. The SMILES string of the molecule is Cn1cc(-c2ccccc2)c(=O)c(-c2cccc(C(F)(F)F)c2)c1.Cn1cc(-c2ccccc2)c(=O)c(-c2cccc(Cl)c2)c1.Cn1cc(-c2ccccc2)c(=O)c(-c2cccc(F)c2)c1. The van der Waals surface area contributed by atoms with Crippen LogP contribution in [0.3, 0.4) is 0 Å². The molecule has 0 spiro atoms. The number of rotatable bonds is 6. The molecule has 0 bridgehead atoms. The lowest BCUT2D eigenvalue weighted by molar-refractivity contribution is -0.137. The van der Waals surface area contributed by atoms with Crippen LogP contribution in [0.15, 0.2) is 215 Å². The van der Waals surface area contributed by atoms with Crippen molar-refractivity contribution in [2.45, 2.75) is 6.18 Å². The molecule has 0 saturated heterocycles. The van der Waals surface area contributed by atoms with E-state index in [1.165, 1.54) is 24.3 Å². The minimum Gasteiger partial charge on any atom is -0.356 e. The van der Waals surface area contributed by atoms with Crippen molar-refractivity contribution in [2.75, 3.05) is 0 Å². The summed E-state index contributed by atoms with van der Waals surface area (Å²) in [6, 6.07) is 46.5. The van der Waals surface area contributed by atoms with Crippen molar-refractivity contribution >= 4 is 11.6 Å². The number of nitrogens with zero attached hydrogens (tertiary/aromatic N) is 3. The molecule has 0 aliphatic rings. The van der Waals surface area contributed by atoms with E-state index < -0.39 is 11.7 Å². The molecule has 0 amide bonds. The third-order valence-electron chi connectivity index (χ3n) is 10.5. The van der Waals surface area contributed by atoms with Crippen molar-refractivity contribution in [1.29, 1.82) is 0 Å². The zero-order valence-electron chi connectivity index (χ0n) is 36.0. The lowest BCUT2D eigenvalue weighted by Crippen LogP contribution is -2.12. The van der Waals surface area contributed by atoms with Gasteiger partial charge in [-0.3, -0.25) is 14.4 Å². The van der Waals surface area contributed by atoms with Crippen LogP contribution in [0, 0.1) is 5.82 Å². The molecule has 9 rings (SSSR count). The zero-order valence-corrected chi connectivity index (χ0v) is 36.8. The van der Waals surface area contributed by atoms with Crippen molar-refractivity contribution in [3.05, 3.63) is 248 Å². The Labute approximate surface area is 383 Å². The number of alkyl halides is 3. The molecule has 0 atom stereocenters. The third kappa shape index (κ3) is 11.1. The molecule has 0 aliphatic heterocycles. The van der Waals surface area contributed by atoms with Crippen LogP contribution in [-0.2, 0) is 27.3 Å². The van der Waals surface area contributed by atoms with Gasteiger partial charge in [0.05, 0.1) is 5.56 Å². The molecular formula is C55H42ClF4N3O3. The molecule has 0 unspecified atom stereocenters. The molecule has 66 heavy (non-hydrogen) atoms. The van der Waals surface area contributed by atoms with Gasteiger partial charge in [0.2, 0.25) is 0 Å². The van der Waals surface area contributed by atoms with Crippen LogP contribution in [0.1, 0.15) is 5.56 Å². The number of hydrogen-bond acceptors (Lipinski definition) is 3. The molecule has 3 aromatic heterocycles. The Morgan fingerprint density at radius 3 is 1.03 bits per heavy atom. The van der Waals surface area contributed by atoms with Crippen LogP contribution in [0.5, 0.6) is 0 Å². The van der Waals surface area contributed by atoms with Gasteiger partial charge in [-0.2, -0.15) is 13.2 Å². The summed E-state index contributed by atoms with van der Waals surface area (Å²) in [5, 5.41) is 0.625. The first-order valence-electron chi connectivity index (χ1n) is 20.6. The topological polar surface area (TPSA) is 66.0 Å². The van der Waals surface area contributed by atoms with E-state index >= 15 is 0 Å². The summed E-state index contributed by atoms with van der Waals surface area (Å²) < 4.78 is 57.6. The molecule has 0 radical (unpaired) electrons. The lowest BCUT2D eigenvalue weighted by Gasteiger charge is -2.11. The fraction of sp³-hybridized carbons (Fsp3) is 0.0727. The van der Waals surface area contributed by atoms with Crippen molar-refractivity contribution < 1.29 is 17.6 Å². The lowest BCUT2D eigenvalue weighted by atomic mass is 9.99. The Morgan fingerprint density at radius 2 is 0.682 bits per heavy atom. The number of halogens is 5. The average Bonchev–Trinajstić information content (AvgIpc) is 3.32. The minimum absolute atomic E-state index is 0.0153. The smallest absolute Gasteiger partial charge is 0.356 e. The van der Waals surface area contributed by atoms with Crippen LogP contribution >= 0.6 is 11.6 Å². The molecule has 9 aromatic rings. The van der Waals surface area contributed by atoms with Gasteiger partial charge in [-0.15, -0.1) is 0 Å². The highest BCUT2D eigenvalue weighted by Crippen LogP contribution is 2.32. The molecule has 0 saturated carbocycles. The predicted octanol–water partition coefficient (Wildman–Crippen LogP) is 13.0. The van der Waals surface area contributed by atoms with E-state index in [4.69, 9.17) is 11.6 Å². The van der Waals surface area contributed by atoms with Crippen molar-refractivity contribution in [2.24, 2.45) is 21.1 Å². The highest BCUT2D eigenvalue weighted by atomic mass is 35.5. The van der Waals surface area contributed by atoms with E-state index in [1.54, 1.807) is 66.7 Å². The van der Waals surface area contributed by atoms with Gasteiger partial charge in [0.15, 0.2) is 16.3 Å². The monoisotopic (exact) mass is 903 g/mol. The van der Waals surface area contributed by atoms with Crippen LogP contribution in [0.4, 0.5) is 17.6 Å². The largest absolute Gasteiger partial charge is 0.416 e. The first-order chi connectivity index (χ1) is 31.7. The first-order valence-corrected chi connectivity index (χ1v) is 21.0. The van der Waals surface area contributed by atoms with Gasteiger partial charge in [-0.05, 0) is 69.8 Å². The van der Waals surface area contributed by atoms with Crippen LogP contribution < -0.4 is 16.3 Å². The highest BCUT2D eigenvalue weighted by Gasteiger charge is 2.30. The molecule has 6 nitrogen and oxygen atoms in total. The van der Waals surface area contributed by atoms with Crippen molar-refractivity contribution in [3.8, 4) is 66.8 Å². The van der Waals surface area contributed by atoms with Gasteiger partial charge in [0, 0.05) is 96.7 Å². The van der Waals surface area contributed by atoms with E-state index in [0.29, 0.717) is 38.4 Å². The fourth-order valence-electron chi connectivity index (χ4n) is 7.38. The maximum atomic E-state index is 13.4. The molecule has 0 N–H and O–H groups in total. The van der Waals surface area contributed by atoms with Gasteiger partial charge < -0.3 is 13.7 Å². The normalized spacial score (nSPS) is 10.9. The maximum Gasteiger partial charge on any atom is 0.416 e. The van der Waals surface area contributed by atoms with Crippen LogP contribution in [-0.4, -0.2) is 13.7 Å². The van der Waals surface area contributed by atoms with Crippen molar-refractivity contribution in [3.63, 3.8) is 0 Å². The second-order valence-electron chi connectivity index (χ2n) is 15.4. The molecule has 0 aliphatic carbocycles. The average molecular weight is 904 g/mol. The Hall–Kier alpha value is -7.82. The second-order valence-corrected chi connectivity index (χ2v) is 15.9. The summed E-state index contributed by atoms with van der Waals surface area (Å²) in [4.78, 5) is 38.3. The summed E-state index contributed by atoms with van der Waals surface area (Å²) >= 11 is 6.03. The molecule has 3 heterocycles. The fourth-order valence-corrected chi connectivity index (χ4v) is 7.57. The predicted molar refractivity (Wildman–Crippen MR) is 258 cm³/mol. The molecule has 6 aromatic carbocycles. The van der Waals surface area contributed by atoms with E-state index in [0.717, 1.165) is 34.4 Å². The number of hydrogen-bond donors (Lipinski definition) is 0. The van der Waals surface area contributed by atoms with Gasteiger partial charge >= 0.3 is 6.18 Å². The number of pyridine rings is 3. The Kier molecular flexibility index (Phi) is 14.2. The quantitative estimate of drug-likeness (QED) is 0.156. The summed E-state index contributed by atoms with van der Waals surface area (Å²) in [7, 11) is 5.51. The highest BCUT2D eigenvalue weighted by molar-refractivity contribution is 6.30. The summed E-state index contributed by atoms with van der Waals surface area (Å²) in [6.45, 7) is 0. The minimum atomic E-state index is -4.45. The standard InChI is InChI=1S/C19H14F3NO.C18H14ClNO.C18H14FNO/c1-23-11-16(13-6-3-2-4-7-13)18(24)17(12-23)14-8-5-9-15(10-14)19(20,21)22;2*1-20-11-16(13-6-3-2-4-7-13)18(21)17(12-20)14-8-5-9-15(19)10-14/h2-12H,1H3;2*2-12H,1H3. The van der Waals surface area contributed by atoms with Crippen LogP contribution in [0.25, 0.3) is 66.8 Å². The Morgan fingerprint density at radius 1 is 0.379 bits per heavy atom. The van der Waals surface area contributed by atoms with Gasteiger partial charge in [-0.1, -0.05) is 139 Å². The number of aromatic nitrogens is 3. The van der Waals surface area contributed by atoms with E-state index in [-0.39, 0.29) is 33.2 Å². The molecule has 11 heteroatoms. The van der Waals surface area contributed by atoms with Crippen molar-refractivity contribution in [1.82, 2.24) is 13.7 Å². The van der Waals surface area contributed by atoms with Gasteiger partial charge in [0.1, 0.15) is 5.82 Å². The summed E-state index contributed by atoms with van der Waals surface area (Å²) in [5.41, 5.74) is 6.19. The Bertz CT molecular complexity index is 3170. The number of benzene rings is 6. The van der Waals surface area contributed by atoms with E-state index in [1.807, 2.05) is 133 Å². The summed E-state index contributed by atoms with van der Waals surface area (Å²) in [5.74, 6) is -0.348. The summed E-state index contributed by atoms with van der Waals surface area (Å²) in [6.07, 6.45) is 5.98. The second kappa shape index (κ2) is 20.3. The Balaban J connectivity index is 0.000000148. The molecule has 0 fully saturated rings. The van der Waals surface area contributed by atoms with Crippen LogP contribution in [0.2, 0.25) is 5.02 Å². The molecule has 330 valence electrons. The zero-order chi connectivity index (χ0) is 47.0. The van der Waals surface area contributed by atoms with E-state index in [9.17, 15) is 31.9 Å².